The first-order valence-electron chi connectivity index (χ1n) is 4.83. The zero-order valence-corrected chi connectivity index (χ0v) is 9.97. The van der Waals surface area contributed by atoms with Gasteiger partial charge in [0.05, 0.1) is 11.3 Å². The Balaban J connectivity index is 2.78. The number of rotatable bonds is 3. The van der Waals surface area contributed by atoms with E-state index in [1.165, 1.54) is 6.07 Å². The van der Waals surface area contributed by atoms with Crippen LogP contribution in [0.1, 0.15) is 10.4 Å². The number of nitrogens with one attached hydrogen (secondary N) is 2. The molecule has 0 aliphatic heterocycles. The van der Waals surface area contributed by atoms with Crippen molar-refractivity contribution in [1.82, 2.24) is 5.32 Å². The molecule has 0 radical (unpaired) electrons. The monoisotopic (exact) mass is 296 g/mol. The van der Waals surface area contributed by atoms with E-state index in [1.807, 2.05) is 5.32 Å². The van der Waals surface area contributed by atoms with Crippen molar-refractivity contribution in [3.63, 3.8) is 0 Å². The summed E-state index contributed by atoms with van der Waals surface area (Å²) in [6, 6.07) is 2.36. The van der Waals surface area contributed by atoms with Gasteiger partial charge in [-0.15, -0.1) is 0 Å². The third kappa shape index (κ3) is 5.04. The minimum absolute atomic E-state index is 0.135. The standard InChI is InChI=1S/C10H8ClF3N2O3/c11-5-1-2-6(8(17)18)7(3-5)16-9(19)15-4-10(12,13)14/h1-3H,4H2,(H,17,18)(H2,15,16,19). The van der Waals surface area contributed by atoms with Gasteiger partial charge in [0, 0.05) is 5.02 Å². The van der Waals surface area contributed by atoms with E-state index in [9.17, 15) is 22.8 Å². The van der Waals surface area contributed by atoms with Gasteiger partial charge in [0.2, 0.25) is 0 Å². The van der Waals surface area contributed by atoms with Crippen LogP contribution >= 0.6 is 11.6 Å². The van der Waals surface area contributed by atoms with Gasteiger partial charge < -0.3 is 15.7 Å². The van der Waals surface area contributed by atoms with E-state index in [-0.39, 0.29) is 16.3 Å². The van der Waals surface area contributed by atoms with Gasteiger partial charge in [0.1, 0.15) is 6.54 Å². The van der Waals surface area contributed by atoms with Crippen LogP contribution in [0.15, 0.2) is 18.2 Å². The minimum atomic E-state index is -4.55. The van der Waals surface area contributed by atoms with Gasteiger partial charge in [-0.1, -0.05) is 11.6 Å². The number of carboxylic acids is 1. The van der Waals surface area contributed by atoms with Gasteiger partial charge in [-0.3, -0.25) is 0 Å². The Kier molecular flexibility index (Phi) is 4.60. The molecule has 0 unspecified atom stereocenters. The summed E-state index contributed by atoms with van der Waals surface area (Å²) in [5.74, 6) is -1.34. The molecule has 0 aromatic heterocycles. The van der Waals surface area contributed by atoms with Crippen LogP contribution in [0, 0.1) is 0 Å². The van der Waals surface area contributed by atoms with Crippen molar-refractivity contribution in [3.05, 3.63) is 28.8 Å². The number of anilines is 1. The van der Waals surface area contributed by atoms with Crippen LogP contribution in [-0.4, -0.2) is 29.8 Å². The summed E-state index contributed by atoms with van der Waals surface area (Å²) in [5, 5.41) is 12.5. The van der Waals surface area contributed by atoms with Crippen molar-refractivity contribution in [1.29, 1.82) is 0 Å². The number of carbonyl (C=O) groups excluding carboxylic acids is 1. The first kappa shape index (κ1) is 15.1. The van der Waals surface area contributed by atoms with Crippen LogP contribution in [-0.2, 0) is 0 Å². The lowest BCUT2D eigenvalue weighted by molar-refractivity contribution is -0.122. The lowest BCUT2D eigenvalue weighted by Gasteiger charge is -2.11. The van der Waals surface area contributed by atoms with Crippen LogP contribution in [0.5, 0.6) is 0 Å². The number of urea groups is 1. The molecule has 0 aliphatic carbocycles. The van der Waals surface area contributed by atoms with Gasteiger partial charge in [-0.25, -0.2) is 9.59 Å². The number of hydrogen-bond acceptors (Lipinski definition) is 2. The van der Waals surface area contributed by atoms with Gasteiger partial charge in [0.25, 0.3) is 0 Å². The first-order valence-corrected chi connectivity index (χ1v) is 5.21. The second-order valence-corrected chi connectivity index (χ2v) is 3.85. The molecule has 5 nitrogen and oxygen atoms in total. The predicted molar refractivity (Wildman–Crippen MR) is 61.5 cm³/mol. The number of alkyl halides is 3. The number of benzene rings is 1. The fourth-order valence-corrected chi connectivity index (χ4v) is 1.33. The highest BCUT2D eigenvalue weighted by molar-refractivity contribution is 6.31. The molecule has 3 N–H and O–H groups in total. The van der Waals surface area contributed by atoms with Gasteiger partial charge >= 0.3 is 18.2 Å². The van der Waals surface area contributed by atoms with E-state index in [0.29, 0.717) is 0 Å². The van der Waals surface area contributed by atoms with Crippen molar-refractivity contribution < 1.29 is 27.9 Å². The second-order valence-electron chi connectivity index (χ2n) is 3.42. The van der Waals surface area contributed by atoms with E-state index in [1.54, 1.807) is 5.32 Å². The van der Waals surface area contributed by atoms with Crippen LogP contribution < -0.4 is 10.6 Å². The Bertz CT molecular complexity index is 505. The lowest BCUT2D eigenvalue weighted by atomic mass is 10.2. The minimum Gasteiger partial charge on any atom is -0.478 e. The van der Waals surface area contributed by atoms with Crippen molar-refractivity contribution >= 4 is 29.3 Å². The Morgan fingerprint density at radius 3 is 2.47 bits per heavy atom. The van der Waals surface area contributed by atoms with Crippen LogP contribution in [0.3, 0.4) is 0 Å². The van der Waals surface area contributed by atoms with Gasteiger partial charge in [-0.05, 0) is 18.2 Å². The van der Waals surface area contributed by atoms with Gasteiger partial charge in [0.15, 0.2) is 0 Å². The maximum atomic E-state index is 11.9. The number of aromatic carboxylic acids is 1. The second kappa shape index (κ2) is 5.79. The zero-order chi connectivity index (χ0) is 14.6. The largest absolute Gasteiger partial charge is 0.478 e. The molecule has 0 atom stereocenters. The number of hydrogen-bond donors (Lipinski definition) is 3. The summed E-state index contributed by atoms with van der Waals surface area (Å²) in [7, 11) is 0. The molecule has 1 rings (SSSR count). The topological polar surface area (TPSA) is 78.4 Å². The molecule has 1 aromatic carbocycles. The summed E-state index contributed by atoms with van der Waals surface area (Å²) in [4.78, 5) is 22.0. The van der Waals surface area contributed by atoms with E-state index < -0.39 is 24.7 Å². The highest BCUT2D eigenvalue weighted by Crippen LogP contribution is 2.21. The summed E-state index contributed by atoms with van der Waals surface area (Å²) >= 11 is 5.61. The SMILES string of the molecule is O=C(NCC(F)(F)F)Nc1cc(Cl)ccc1C(=O)O. The molecule has 2 amide bonds. The molecule has 0 bridgehead atoms. The van der Waals surface area contributed by atoms with E-state index in [0.717, 1.165) is 12.1 Å². The molecule has 104 valence electrons. The molecular weight excluding hydrogens is 289 g/mol. The number of amides is 2. The van der Waals surface area contributed by atoms with Gasteiger partial charge in [-0.2, -0.15) is 13.2 Å². The quantitative estimate of drug-likeness (QED) is 0.802. The van der Waals surface area contributed by atoms with Crippen LogP contribution in [0.4, 0.5) is 23.7 Å². The first-order chi connectivity index (χ1) is 8.69. The molecule has 0 aliphatic rings. The lowest BCUT2D eigenvalue weighted by Crippen LogP contribution is -2.36. The van der Waals surface area contributed by atoms with Crippen molar-refractivity contribution in [2.75, 3.05) is 11.9 Å². The summed E-state index contributed by atoms with van der Waals surface area (Å²) in [5.41, 5.74) is -0.480. The fraction of sp³-hybridized carbons (Fsp3) is 0.200. The molecule has 0 spiro atoms. The average molecular weight is 297 g/mol. The molecule has 0 saturated heterocycles. The summed E-state index contributed by atoms with van der Waals surface area (Å²) < 4.78 is 35.6. The normalized spacial score (nSPS) is 10.9. The average Bonchev–Trinajstić information content (AvgIpc) is 2.25. The van der Waals surface area contributed by atoms with Crippen molar-refractivity contribution in [3.8, 4) is 0 Å². The third-order valence-electron chi connectivity index (χ3n) is 1.91. The summed E-state index contributed by atoms with van der Waals surface area (Å²) in [6.07, 6.45) is -4.55. The molecule has 19 heavy (non-hydrogen) atoms. The molecule has 0 fully saturated rings. The smallest absolute Gasteiger partial charge is 0.405 e. The number of carboxylic acid groups (broad SMARTS) is 1. The van der Waals surface area contributed by atoms with Crippen molar-refractivity contribution in [2.24, 2.45) is 0 Å². The zero-order valence-electron chi connectivity index (χ0n) is 9.21. The molecule has 0 saturated carbocycles. The van der Waals surface area contributed by atoms with E-state index >= 15 is 0 Å². The fourth-order valence-electron chi connectivity index (χ4n) is 1.15. The highest BCUT2D eigenvalue weighted by atomic mass is 35.5. The Labute approximate surface area is 110 Å². The van der Waals surface area contributed by atoms with Crippen molar-refractivity contribution in [2.45, 2.75) is 6.18 Å². The molecule has 1 aromatic rings. The predicted octanol–water partition coefficient (Wildman–Crippen LogP) is 2.72. The Morgan fingerprint density at radius 1 is 1.32 bits per heavy atom. The maximum Gasteiger partial charge on any atom is 0.405 e. The Morgan fingerprint density at radius 2 is 1.95 bits per heavy atom. The summed E-state index contributed by atoms with van der Waals surface area (Å²) in [6.45, 7) is -1.53. The molecular formula is C10H8ClF3N2O3. The number of halogens is 4. The highest BCUT2D eigenvalue weighted by Gasteiger charge is 2.27. The number of carbonyl (C=O) groups is 2. The van der Waals surface area contributed by atoms with E-state index in [2.05, 4.69) is 0 Å². The molecule has 0 heterocycles. The van der Waals surface area contributed by atoms with Crippen LogP contribution in [0.2, 0.25) is 5.02 Å². The van der Waals surface area contributed by atoms with Crippen LogP contribution in [0.25, 0.3) is 0 Å². The maximum absolute atomic E-state index is 11.9. The Hall–Kier alpha value is -1.96. The third-order valence-corrected chi connectivity index (χ3v) is 2.14. The molecule has 9 heteroatoms. The van der Waals surface area contributed by atoms with E-state index in [4.69, 9.17) is 16.7 Å².